The average molecular weight is 857 g/mol. The van der Waals surface area contributed by atoms with Gasteiger partial charge >= 0.3 is 6.09 Å². The predicted octanol–water partition coefficient (Wildman–Crippen LogP) is 7.57. The molecule has 3 amide bonds. The number of H-pyrrole nitrogens is 2. The van der Waals surface area contributed by atoms with E-state index in [2.05, 4.69) is 69.3 Å². The van der Waals surface area contributed by atoms with Crippen molar-refractivity contribution < 1.29 is 33.4 Å². The number of alkyl carbamates (subject to hydrolysis) is 1. The maximum absolute atomic E-state index is 14.1. The number of amides is 3. The zero-order valence-corrected chi connectivity index (χ0v) is 36.9. The third-order valence-electron chi connectivity index (χ3n) is 13.0. The first-order valence-electron chi connectivity index (χ1n) is 21.9. The smallest absolute Gasteiger partial charge is 0.407 e. The highest BCUT2D eigenvalue weighted by Gasteiger charge is 2.42. The summed E-state index contributed by atoms with van der Waals surface area (Å²) in [6, 6.07) is 19.5. The summed E-state index contributed by atoms with van der Waals surface area (Å²) in [5.74, 6) is 2.15. The number of fused-ring (bicyclic) bond motifs is 7. The van der Waals surface area contributed by atoms with Crippen LogP contribution in [0.5, 0.6) is 5.75 Å². The molecule has 9 rings (SSSR count). The lowest BCUT2D eigenvalue weighted by atomic mass is 9.91. The second-order valence-corrected chi connectivity index (χ2v) is 17.8. The van der Waals surface area contributed by atoms with Gasteiger partial charge in [-0.1, -0.05) is 52.0 Å². The number of aromatic nitrogens is 4. The lowest BCUT2D eigenvalue weighted by Crippen LogP contribution is -2.51. The second kappa shape index (κ2) is 17.3. The van der Waals surface area contributed by atoms with Crippen molar-refractivity contribution in [3.05, 3.63) is 77.9 Å². The summed E-state index contributed by atoms with van der Waals surface area (Å²) in [6.07, 6.45) is 1.79. The predicted molar refractivity (Wildman–Crippen MR) is 240 cm³/mol. The number of carbonyl (C=O) groups excluding carboxylic acids is 3. The average Bonchev–Trinajstić information content (AvgIpc) is 4.11. The molecule has 0 aliphatic carbocycles. The van der Waals surface area contributed by atoms with Crippen LogP contribution in [0.15, 0.2) is 60.7 Å². The normalized spacial score (nSPS) is 19.5. The van der Waals surface area contributed by atoms with Crippen molar-refractivity contribution in [2.24, 2.45) is 17.8 Å². The van der Waals surface area contributed by atoms with Gasteiger partial charge < -0.3 is 44.1 Å². The number of ether oxygens (including phenoxy) is 3. The minimum absolute atomic E-state index is 0.0236. The van der Waals surface area contributed by atoms with Gasteiger partial charge in [0.1, 0.15) is 36.1 Å². The van der Waals surface area contributed by atoms with Gasteiger partial charge in [0.15, 0.2) is 0 Å². The van der Waals surface area contributed by atoms with Gasteiger partial charge in [0, 0.05) is 37.1 Å². The summed E-state index contributed by atoms with van der Waals surface area (Å²) in [5, 5.41) is 4.72. The quantitative estimate of drug-likeness (QED) is 0.0899. The molecule has 0 unspecified atom stereocenters. The molecule has 15 nitrogen and oxygen atoms in total. The van der Waals surface area contributed by atoms with E-state index in [1.54, 1.807) is 14.2 Å². The van der Waals surface area contributed by atoms with Gasteiger partial charge in [-0.05, 0) is 95.1 Å². The fourth-order valence-corrected chi connectivity index (χ4v) is 9.76. The van der Waals surface area contributed by atoms with Crippen molar-refractivity contribution >= 4 is 50.7 Å². The minimum atomic E-state index is -0.752. The van der Waals surface area contributed by atoms with Gasteiger partial charge in [-0.15, -0.1) is 0 Å². The van der Waals surface area contributed by atoms with E-state index in [0.717, 1.165) is 85.1 Å². The molecule has 0 spiro atoms. The SMILES string of the molecule is COC[C@H]1C[C@@H](c2nc3c(ccc4cc5c(cc43)OCc3cc(-c4ccc6nc([C@@H]7CCCN7C(=O)[C@@H](NOC)C(C)C)[nH]c6c4)ccc3-5)[nH]2)N(C(=O)[C@@H](NC(=O)OC)C(C)C)C1. The number of aromatic amines is 2. The Kier molecular flexibility index (Phi) is 11.6. The number of nitrogens with zero attached hydrogens (tertiary/aromatic N) is 4. The third-order valence-corrected chi connectivity index (χ3v) is 13.0. The Morgan fingerprint density at radius 1 is 0.825 bits per heavy atom. The standard InChI is InChI=1S/C48H56N8O7/c1-25(2)41(53-48(59)61-6)46(57)56-22-27(23-60-5)17-39(56)45-50-36-15-12-30-19-34-32-13-10-28(18-31(32)24-63-40(34)21-33(30)43(36)52-45)29-11-14-35-37(20-29)51-44(49-35)38-9-8-16-55(38)47(58)42(26(3)4)54-62-7/h10-15,18-21,25-27,38-39,41-42,54H,8-9,16-17,22-24H2,1-7H3,(H,49,51)(H,50,52)(H,53,59)/t27-,38-,39-,41-,42-/m0/s1. The van der Waals surface area contributed by atoms with Crippen LogP contribution in [0.2, 0.25) is 0 Å². The fourth-order valence-electron chi connectivity index (χ4n) is 9.76. The van der Waals surface area contributed by atoms with Crippen LogP contribution < -0.4 is 15.5 Å². The molecular formula is C48H56N8O7. The lowest BCUT2D eigenvalue weighted by molar-refractivity contribution is -0.140. The molecule has 15 heteroatoms. The van der Waals surface area contributed by atoms with Crippen molar-refractivity contribution in [2.75, 3.05) is 41.0 Å². The number of imidazole rings is 2. The molecule has 3 aliphatic heterocycles. The fraction of sp³-hybridized carbons (Fsp3) is 0.438. The molecule has 6 aromatic rings. The first-order chi connectivity index (χ1) is 30.5. The van der Waals surface area contributed by atoms with E-state index in [1.807, 2.05) is 49.6 Å². The van der Waals surface area contributed by atoms with Crippen LogP contribution in [0.4, 0.5) is 4.79 Å². The van der Waals surface area contributed by atoms with Gasteiger partial charge in [-0.2, -0.15) is 5.48 Å². The number of methoxy groups -OCH3 is 2. The van der Waals surface area contributed by atoms with Crippen LogP contribution in [0.25, 0.3) is 55.1 Å². The van der Waals surface area contributed by atoms with Crippen LogP contribution >= 0.6 is 0 Å². The number of carbonyl (C=O) groups is 3. The summed E-state index contributed by atoms with van der Waals surface area (Å²) >= 11 is 0. The van der Waals surface area contributed by atoms with E-state index in [1.165, 1.54) is 7.11 Å². The number of rotatable bonds is 12. The zero-order valence-electron chi connectivity index (χ0n) is 36.9. The van der Waals surface area contributed by atoms with E-state index in [0.29, 0.717) is 38.5 Å². The Hall–Kier alpha value is -6.03. The molecule has 2 aromatic heterocycles. The Morgan fingerprint density at radius 2 is 1.57 bits per heavy atom. The lowest BCUT2D eigenvalue weighted by Gasteiger charge is -2.30. The molecule has 330 valence electrons. The Bertz CT molecular complexity index is 2710. The first kappa shape index (κ1) is 42.3. The van der Waals surface area contributed by atoms with Gasteiger partial charge in [0.25, 0.3) is 0 Å². The summed E-state index contributed by atoms with van der Waals surface area (Å²) < 4.78 is 16.8. The second-order valence-electron chi connectivity index (χ2n) is 17.8. The largest absolute Gasteiger partial charge is 0.488 e. The van der Waals surface area contributed by atoms with Gasteiger partial charge in [0.2, 0.25) is 11.8 Å². The number of hydrogen-bond acceptors (Lipinski definition) is 10. The minimum Gasteiger partial charge on any atom is -0.488 e. The maximum Gasteiger partial charge on any atom is 0.407 e. The van der Waals surface area contributed by atoms with E-state index < -0.39 is 18.2 Å². The Labute approximate surface area is 366 Å². The molecular weight excluding hydrogens is 801 g/mol. The third kappa shape index (κ3) is 7.87. The van der Waals surface area contributed by atoms with Gasteiger partial charge in [-0.3, -0.25) is 9.59 Å². The zero-order chi connectivity index (χ0) is 44.1. The molecule has 2 saturated heterocycles. The van der Waals surface area contributed by atoms with Crippen LogP contribution in [0.1, 0.15) is 76.3 Å². The van der Waals surface area contributed by atoms with Gasteiger partial charge in [-0.25, -0.2) is 14.8 Å². The molecule has 5 atom stereocenters. The molecule has 0 bridgehead atoms. The molecule has 63 heavy (non-hydrogen) atoms. The molecule has 3 aliphatic rings. The van der Waals surface area contributed by atoms with Crippen molar-refractivity contribution in [1.29, 1.82) is 0 Å². The Morgan fingerprint density at radius 3 is 2.33 bits per heavy atom. The molecule has 0 saturated carbocycles. The van der Waals surface area contributed by atoms with Crippen molar-refractivity contribution in [3.8, 4) is 28.0 Å². The number of benzene rings is 4. The van der Waals surface area contributed by atoms with Crippen molar-refractivity contribution in [2.45, 2.75) is 77.7 Å². The van der Waals surface area contributed by atoms with Crippen molar-refractivity contribution in [1.82, 2.24) is 40.5 Å². The number of nitrogens with one attached hydrogen (secondary N) is 4. The highest BCUT2D eigenvalue weighted by Crippen LogP contribution is 2.44. The van der Waals surface area contributed by atoms with Crippen molar-refractivity contribution in [3.63, 3.8) is 0 Å². The topological polar surface area (TPSA) is 176 Å². The molecule has 5 heterocycles. The number of hydroxylamine groups is 1. The van der Waals surface area contributed by atoms with E-state index in [-0.39, 0.29) is 41.7 Å². The van der Waals surface area contributed by atoms with Crippen LogP contribution in [-0.4, -0.2) is 101 Å². The van der Waals surface area contributed by atoms with Gasteiger partial charge in [0.05, 0.1) is 55.0 Å². The van der Waals surface area contributed by atoms with Crippen LogP contribution in [-0.2, 0) is 30.5 Å². The Balaban J connectivity index is 0.980. The highest BCUT2D eigenvalue weighted by atomic mass is 16.6. The molecule has 4 aromatic carbocycles. The summed E-state index contributed by atoms with van der Waals surface area (Å²) in [7, 11) is 4.50. The van der Waals surface area contributed by atoms with E-state index in [4.69, 9.17) is 29.0 Å². The molecule has 4 N–H and O–H groups in total. The monoisotopic (exact) mass is 856 g/mol. The van der Waals surface area contributed by atoms with Crippen LogP contribution in [0, 0.1) is 17.8 Å². The first-order valence-corrected chi connectivity index (χ1v) is 21.9. The number of hydrogen-bond donors (Lipinski definition) is 4. The van der Waals surface area contributed by atoms with E-state index >= 15 is 0 Å². The maximum atomic E-state index is 14.1. The van der Waals surface area contributed by atoms with Crippen LogP contribution in [0.3, 0.4) is 0 Å². The molecule has 2 fully saturated rings. The number of likely N-dealkylation sites (tertiary alicyclic amines) is 2. The van der Waals surface area contributed by atoms with E-state index in [9.17, 15) is 14.4 Å². The molecule has 0 radical (unpaired) electrons. The summed E-state index contributed by atoms with van der Waals surface area (Å²) in [4.78, 5) is 66.0. The summed E-state index contributed by atoms with van der Waals surface area (Å²) in [5.41, 5.74) is 11.7. The summed E-state index contributed by atoms with van der Waals surface area (Å²) in [6.45, 7) is 9.92. The highest BCUT2D eigenvalue weighted by molar-refractivity contribution is 6.07.